The number of hydrogen-bond donors (Lipinski definition) is 2. The maximum absolute atomic E-state index is 12.9. The Balaban J connectivity index is 1.43. The van der Waals surface area contributed by atoms with Crippen molar-refractivity contribution in [3.63, 3.8) is 0 Å². The number of anilines is 1. The summed E-state index contributed by atoms with van der Waals surface area (Å²) in [6, 6.07) is 3.40. The molecule has 0 unspecified atom stereocenters. The number of carbonyl (C=O) groups is 3. The van der Waals surface area contributed by atoms with E-state index in [4.69, 9.17) is 19.5 Å². The standard InChI is InChI=1S/C28H42N8O6/c1-20-7-12-35(23(37)6-9-29)18-22(20)34(5)24-21-8-13-36(25(21)33-19-32-24)26(38)30-10-14-40-16-17-41-15-11-31-27(39)42-28(2,3)4/h8,13,19-20,22H,6-7,10-12,14-18H2,1-5H3,(H,30,38)(H,31,39)/t20-,22+/m1/s1. The third-order valence-corrected chi connectivity index (χ3v) is 6.82. The molecule has 0 aliphatic carbocycles. The Morgan fingerprint density at radius 2 is 1.81 bits per heavy atom. The summed E-state index contributed by atoms with van der Waals surface area (Å²) < 4.78 is 17.5. The second-order valence-electron chi connectivity index (χ2n) is 11.1. The number of likely N-dealkylation sites (tertiary alicyclic amines) is 1. The van der Waals surface area contributed by atoms with Gasteiger partial charge in [0.25, 0.3) is 0 Å². The molecule has 2 aromatic rings. The van der Waals surface area contributed by atoms with Crippen molar-refractivity contribution in [3.8, 4) is 6.07 Å². The Hall–Kier alpha value is -3.96. The molecule has 0 saturated carbocycles. The number of amides is 3. The lowest BCUT2D eigenvalue weighted by atomic mass is 9.92. The largest absolute Gasteiger partial charge is 0.444 e. The van der Waals surface area contributed by atoms with E-state index >= 15 is 0 Å². The predicted octanol–water partition coefficient (Wildman–Crippen LogP) is 2.13. The molecule has 42 heavy (non-hydrogen) atoms. The maximum atomic E-state index is 12.9. The Morgan fingerprint density at radius 3 is 2.48 bits per heavy atom. The highest BCUT2D eigenvalue weighted by Gasteiger charge is 2.33. The molecule has 14 nitrogen and oxygen atoms in total. The van der Waals surface area contributed by atoms with Crippen LogP contribution < -0.4 is 15.5 Å². The lowest BCUT2D eigenvalue weighted by Crippen LogP contribution is -2.52. The fraction of sp³-hybridized carbons (Fsp3) is 0.643. The van der Waals surface area contributed by atoms with Crippen LogP contribution in [0.1, 0.15) is 40.5 Å². The zero-order valence-corrected chi connectivity index (χ0v) is 25.1. The Bertz CT molecular complexity index is 1250. The molecule has 0 aromatic carbocycles. The second kappa shape index (κ2) is 15.3. The SMILES string of the molecule is C[C@@H]1CCN(C(=O)CC#N)C[C@@H]1N(C)c1ncnc2c1ccn2C(=O)NCCOCCOCCNC(=O)OC(C)(C)C. The fourth-order valence-electron chi connectivity index (χ4n) is 4.68. The average molecular weight is 587 g/mol. The number of piperidine rings is 1. The number of ether oxygens (including phenoxy) is 3. The van der Waals surface area contributed by atoms with Gasteiger partial charge in [-0.25, -0.2) is 19.6 Å². The van der Waals surface area contributed by atoms with Crippen LogP contribution in [-0.4, -0.2) is 109 Å². The molecule has 3 amide bonds. The van der Waals surface area contributed by atoms with Gasteiger partial charge in [0, 0.05) is 39.4 Å². The van der Waals surface area contributed by atoms with Crippen molar-refractivity contribution in [2.75, 3.05) is 64.6 Å². The van der Waals surface area contributed by atoms with E-state index < -0.39 is 11.7 Å². The second-order valence-corrected chi connectivity index (χ2v) is 11.1. The molecule has 1 aliphatic heterocycles. The number of nitrogens with one attached hydrogen (secondary N) is 2. The minimum absolute atomic E-state index is 0.000892. The van der Waals surface area contributed by atoms with Crippen molar-refractivity contribution in [2.24, 2.45) is 5.92 Å². The van der Waals surface area contributed by atoms with E-state index in [0.29, 0.717) is 70.0 Å². The first-order chi connectivity index (χ1) is 20.0. The zero-order valence-electron chi connectivity index (χ0n) is 25.1. The van der Waals surface area contributed by atoms with E-state index in [-0.39, 0.29) is 24.4 Å². The van der Waals surface area contributed by atoms with Gasteiger partial charge in [-0.2, -0.15) is 5.26 Å². The van der Waals surface area contributed by atoms with E-state index in [1.807, 2.05) is 18.0 Å². The quantitative estimate of drug-likeness (QED) is 0.352. The molecule has 14 heteroatoms. The average Bonchev–Trinajstić information content (AvgIpc) is 3.37. The number of carbonyl (C=O) groups excluding carboxylic acids is 3. The van der Waals surface area contributed by atoms with Crippen molar-refractivity contribution in [3.05, 3.63) is 18.6 Å². The number of likely N-dealkylation sites (N-methyl/N-ethyl adjacent to an activating group) is 1. The summed E-state index contributed by atoms with van der Waals surface area (Å²) in [5.74, 6) is 0.806. The van der Waals surface area contributed by atoms with Crippen LogP contribution in [-0.2, 0) is 19.0 Å². The number of hydrogen-bond acceptors (Lipinski definition) is 10. The van der Waals surface area contributed by atoms with E-state index in [1.165, 1.54) is 10.9 Å². The monoisotopic (exact) mass is 586 g/mol. The Kier molecular flexibility index (Phi) is 11.9. The van der Waals surface area contributed by atoms with E-state index in [1.54, 1.807) is 37.9 Å². The molecule has 0 spiro atoms. The van der Waals surface area contributed by atoms with Crippen LogP contribution in [0.3, 0.4) is 0 Å². The maximum Gasteiger partial charge on any atom is 0.407 e. The van der Waals surface area contributed by atoms with E-state index in [0.717, 1.165) is 11.8 Å². The summed E-state index contributed by atoms with van der Waals surface area (Å²) in [4.78, 5) is 49.4. The van der Waals surface area contributed by atoms with Crippen LogP contribution in [0.2, 0.25) is 0 Å². The molecule has 1 aliphatic rings. The highest BCUT2D eigenvalue weighted by Crippen LogP contribution is 2.29. The van der Waals surface area contributed by atoms with Gasteiger partial charge < -0.3 is 34.6 Å². The molecule has 3 heterocycles. The molecule has 1 saturated heterocycles. The highest BCUT2D eigenvalue weighted by molar-refractivity contribution is 5.94. The number of nitriles is 1. The molecule has 2 N–H and O–H groups in total. The Morgan fingerprint density at radius 1 is 1.12 bits per heavy atom. The van der Waals surface area contributed by atoms with Crippen molar-refractivity contribution in [1.29, 1.82) is 5.26 Å². The zero-order chi connectivity index (χ0) is 30.7. The van der Waals surface area contributed by atoms with Crippen LogP contribution >= 0.6 is 0 Å². The summed E-state index contributed by atoms with van der Waals surface area (Å²) in [5, 5.41) is 15.1. The first-order valence-corrected chi connectivity index (χ1v) is 14.1. The number of nitrogens with zero attached hydrogens (tertiary/aromatic N) is 6. The van der Waals surface area contributed by atoms with Crippen molar-refractivity contribution < 1.29 is 28.6 Å². The van der Waals surface area contributed by atoms with Crippen LogP contribution in [0.4, 0.5) is 15.4 Å². The first-order valence-electron chi connectivity index (χ1n) is 14.1. The molecule has 0 bridgehead atoms. The van der Waals surface area contributed by atoms with Crippen LogP contribution in [0.5, 0.6) is 0 Å². The van der Waals surface area contributed by atoms with Gasteiger partial charge in [-0.05, 0) is 39.2 Å². The summed E-state index contributed by atoms with van der Waals surface area (Å²) in [7, 11) is 1.93. The Labute approximate surface area is 246 Å². The lowest BCUT2D eigenvalue weighted by molar-refractivity contribution is -0.131. The normalized spacial score (nSPS) is 17.0. The van der Waals surface area contributed by atoms with E-state index in [2.05, 4.69) is 27.5 Å². The minimum atomic E-state index is -0.546. The third-order valence-electron chi connectivity index (χ3n) is 6.82. The molecule has 1 fully saturated rings. The van der Waals surface area contributed by atoms with Gasteiger partial charge in [-0.1, -0.05) is 6.92 Å². The van der Waals surface area contributed by atoms with E-state index in [9.17, 15) is 14.4 Å². The molecular weight excluding hydrogens is 544 g/mol. The van der Waals surface area contributed by atoms with Gasteiger partial charge in [0.1, 0.15) is 24.2 Å². The minimum Gasteiger partial charge on any atom is -0.444 e. The van der Waals surface area contributed by atoms with Crippen LogP contribution in [0.25, 0.3) is 11.0 Å². The molecule has 3 rings (SSSR count). The van der Waals surface area contributed by atoms with Gasteiger partial charge >= 0.3 is 12.1 Å². The predicted molar refractivity (Wildman–Crippen MR) is 155 cm³/mol. The van der Waals surface area contributed by atoms with Gasteiger partial charge in [0.05, 0.1) is 43.9 Å². The topological polar surface area (TPSA) is 164 Å². The summed E-state index contributed by atoms with van der Waals surface area (Å²) in [6.45, 7) is 10.6. The van der Waals surface area contributed by atoms with Gasteiger partial charge in [0.15, 0.2) is 5.65 Å². The fourth-order valence-corrected chi connectivity index (χ4v) is 4.68. The van der Waals surface area contributed by atoms with Gasteiger partial charge in [-0.3, -0.25) is 9.36 Å². The summed E-state index contributed by atoms with van der Waals surface area (Å²) >= 11 is 0. The van der Waals surface area contributed by atoms with Gasteiger partial charge in [0.2, 0.25) is 5.91 Å². The van der Waals surface area contributed by atoms with Crippen LogP contribution in [0, 0.1) is 17.2 Å². The molecule has 0 radical (unpaired) electrons. The molecular formula is C28H42N8O6. The highest BCUT2D eigenvalue weighted by atomic mass is 16.6. The van der Waals surface area contributed by atoms with Gasteiger partial charge in [-0.15, -0.1) is 0 Å². The number of alkyl carbamates (subject to hydrolysis) is 1. The lowest BCUT2D eigenvalue weighted by Gasteiger charge is -2.42. The number of aromatic nitrogens is 3. The molecule has 230 valence electrons. The number of rotatable bonds is 12. The van der Waals surface area contributed by atoms with Crippen molar-refractivity contribution in [1.82, 2.24) is 30.1 Å². The van der Waals surface area contributed by atoms with Crippen LogP contribution in [0.15, 0.2) is 18.6 Å². The first kappa shape index (κ1) is 32.6. The van der Waals surface area contributed by atoms with Crippen molar-refractivity contribution in [2.45, 2.75) is 52.2 Å². The summed E-state index contributed by atoms with van der Waals surface area (Å²) in [5.41, 5.74) is -0.0739. The number of fused-ring (bicyclic) bond motifs is 1. The molecule has 2 atom stereocenters. The summed E-state index contributed by atoms with van der Waals surface area (Å²) in [6.07, 6.45) is 3.28. The molecule has 2 aromatic heterocycles. The third kappa shape index (κ3) is 9.28. The smallest absolute Gasteiger partial charge is 0.407 e. The van der Waals surface area contributed by atoms with Crippen molar-refractivity contribution >= 4 is 34.9 Å².